The Kier molecular flexibility index (Phi) is 5.85. The third-order valence-corrected chi connectivity index (χ3v) is 5.20. The standard InChI is InChI=1S/C26H22N6O2/c1-18-7-11-20(12-8-18)24-30-25(34-31-24)23-16-32(17-27-23)15-19-9-13-22(14-10-19)29-26(33)28-21-5-3-2-4-6-21/h2-14,16-17H,15H2,1H3,(H2,28,29,33). The van der Waals surface area contributed by atoms with Crippen molar-refractivity contribution in [2.75, 3.05) is 10.6 Å². The number of carbonyl (C=O) groups excluding carboxylic acids is 1. The fourth-order valence-corrected chi connectivity index (χ4v) is 3.42. The van der Waals surface area contributed by atoms with Gasteiger partial charge in [-0.2, -0.15) is 4.98 Å². The summed E-state index contributed by atoms with van der Waals surface area (Å²) in [7, 11) is 0. The van der Waals surface area contributed by atoms with Gasteiger partial charge in [0.05, 0.1) is 6.33 Å². The zero-order valence-corrected chi connectivity index (χ0v) is 18.5. The van der Waals surface area contributed by atoms with Gasteiger partial charge in [0.1, 0.15) is 5.69 Å². The third-order valence-electron chi connectivity index (χ3n) is 5.20. The number of aromatic nitrogens is 4. The average molecular weight is 451 g/mol. The fraction of sp³-hybridized carbons (Fsp3) is 0.0769. The number of rotatable bonds is 6. The molecule has 8 heteroatoms. The molecule has 0 aliphatic carbocycles. The molecule has 2 aromatic heterocycles. The van der Waals surface area contributed by atoms with E-state index in [9.17, 15) is 4.79 Å². The number of amides is 2. The molecule has 2 amide bonds. The van der Waals surface area contributed by atoms with Gasteiger partial charge in [-0.05, 0) is 36.8 Å². The van der Waals surface area contributed by atoms with Crippen molar-refractivity contribution in [1.82, 2.24) is 19.7 Å². The van der Waals surface area contributed by atoms with E-state index in [1.165, 1.54) is 5.56 Å². The van der Waals surface area contributed by atoms with Gasteiger partial charge in [-0.1, -0.05) is 65.3 Å². The third kappa shape index (κ3) is 5.02. The van der Waals surface area contributed by atoms with E-state index in [-0.39, 0.29) is 6.03 Å². The summed E-state index contributed by atoms with van der Waals surface area (Å²) in [5.41, 5.74) is 5.18. The number of aryl methyl sites for hydroxylation is 1. The summed E-state index contributed by atoms with van der Waals surface area (Å²) in [6.45, 7) is 2.65. The smallest absolute Gasteiger partial charge is 0.323 e. The lowest BCUT2D eigenvalue weighted by atomic mass is 10.1. The predicted molar refractivity (Wildman–Crippen MR) is 130 cm³/mol. The van der Waals surface area contributed by atoms with Crippen LogP contribution in [-0.4, -0.2) is 25.7 Å². The van der Waals surface area contributed by atoms with Gasteiger partial charge in [-0.15, -0.1) is 0 Å². The highest BCUT2D eigenvalue weighted by Gasteiger charge is 2.13. The van der Waals surface area contributed by atoms with Crippen LogP contribution < -0.4 is 10.6 Å². The number of benzene rings is 3. The van der Waals surface area contributed by atoms with Gasteiger partial charge >= 0.3 is 6.03 Å². The Morgan fingerprint density at radius 3 is 2.35 bits per heavy atom. The molecule has 3 aromatic carbocycles. The van der Waals surface area contributed by atoms with E-state index in [0.29, 0.717) is 29.6 Å². The minimum atomic E-state index is -0.289. The lowest BCUT2D eigenvalue weighted by molar-refractivity contribution is 0.262. The first kappa shape index (κ1) is 21.1. The molecular weight excluding hydrogens is 428 g/mol. The Morgan fingerprint density at radius 1 is 0.912 bits per heavy atom. The van der Waals surface area contributed by atoms with Crippen molar-refractivity contribution in [2.24, 2.45) is 0 Å². The number of urea groups is 1. The maximum Gasteiger partial charge on any atom is 0.323 e. The van der Waals surface area contributed by atoms with Gasteiger partial charge in [0.2, 0.25) is 5.82 Å². The largest absolute Gasteiger partial charge is 0.332 e. The van der Waals surface area contributed by atoms with Crippen LogP contribution in [0, 0.1) is 6.92 Å². The van der Waals surface area contributed by atoms with Crippen LogP contribution in [0.4, 0.5) is 16.2 Å². The highest BCUT2D eigenvalue weighted by molar-refractivity contribution is 5.99. The number of nitrogens with zero attached hydrogens (tertiary/aromatic N) is 4. The lowest BCUT2D eigenvalue weighted by Crippen LogP contribution is -2.19. The van der Waals surface area contributed by atoms with E-state index in [4.69, 9.17) is 4.52 Å². The number of imidazole rings is 1. The topological polar surface area (TPSA) is 97.9 Å². The molecule has 0 radical (unpaired) electrons. The van der Waals surface area contributed by atoms with E-state index in [0.717, 1.165) is 16.8 Å². The second kappa shape index (κ2) is 9.41. The highest BCUT2D eigenvalue weighted by Crippen LogP contribution is 2.22. The molecule has 8 nitrogen and oxygen atoms in total. The van der Waals surface area contributed by atoms with Crippen molar-refractivity contribution < 1.29 is 9.32 Å². The van der Waals surface area contributed by atoms with Crippen molar-refractivity contribution in [1.29, 1.82) is 0 Å². The molecule has 0 spiro atoms. The fourth-order valence-electron chi connectivity index (χ4n) is 3.42. The monoisotopic (exact) mass is 450 g/mol. The molecule has 2 N–H and O–H groups in total. The van der Waals surface area contributed by atoms with Crippen LogP contribution in [0.15, 0.2) is 95.9 Å². The molecular formula is C26H22N6O2. The van der Waals surface area contributed by atoms with E-state index in [2.05, 4.69) is 25.8 Å². The first-order chi connectivity index (χ1) is 16.6. The number of nitrogens with one attached hydrogen (secondary N) is 2. The summed E-state index contributed by atoms with van der Waals surface area (Å²) >= 11 is 0. The Morgan fingerprint density at radius 2 is 1.62 bits per heavy atom. The summed E-state index contributed by atoms with van der Waals surface area (Å²) < 4.78 is 7.35. The summed E-state index contributed by atoms with van der Waals surface area (Å²) in [6, 6.07) is 24.6. The molecule has 5 aromatic rings. The molecule has 0 aliphatic rings. The van der Waals surface area contributed by atoms with E-state index >= 15 is 0 Å². The molecule has 34 heavy (non-hydrogen) atoms. The van der Waals surface area contributed by atoms with Crippen LogP contribution in [0.3, 0.4) is 0 Å². The zero-order valence-electron chi connectivity index (χ0n) is 18.5. The van der Waals surface area contributed by atoms with Gasteiger partial charge in [0.25, 0.3) is 5.89 Å². The normalized spacial score (nSPS) is 10.7. The van der Waals surface area contributed by atoms with Gasteiger partial charge in [-0.3, -0.25) is 0 Å². The first-order valence-electron chi connectivity index (χ1n) is 10.8. The van der Waals surface area contributed by atoms with Crippen LogP contribution in [0.25, 0.3) is 23.0 Å². The first-order valence-corrected chi connectivity index (χ1v) is 10.8. The number of para-hydroxylation sites is 1. The van der Waals surface area contributed by atoms with Crippen LogP contribution >= 0.6 is 0 Å². The molecule has 0 atom stereocenters. The summed E-state index contributed by atoms with van der Waals surface area (Å²) in [5, 5.41) is 9.69. The number of anilines is 2. The molecule has 2 heterocycles. The van der Waals surface area contributed by atoms with Crippen LogP contribution in [-0.2, 0) is 6.54 Å². The Balaban J connectivity index is 1.20. The molecule has 5 rings (SSSR count). The SMILES string of the molecule is Cc1ccc(-c2noc(-c3cn(Cc4ccc(NC(=O)Nc5ccccc5)cc4)cn3)n2)cc1. The Bertz CT molecular complexity index is 1390. The summed E-state index contributed by atoms with van der Waals surface area (Å²) in [5.74, 6) is 0.905. The van der Waals surface area contributed by atoms with Crippen molar-refractivity contribution in [3.8, 4) is 23.0 Å². The predicted octanol–water partition coefficient (Wildman–Crippen LogP) is 5.60. The van der Waals surface area contributed by atoms with Gasteiger partial charge in [0, 0.05) is 29.7 Å². The van der Waals surface area contributed by atoms with Crippen molar-refractivity contribution in [3.05, 3.63) is 103 Å². The second-order valence-electron chi connectivity index (χ2n) is 7.86. The lowest BCUT2D eigenvalue weighted by Gasteiger charge is -2.08. The van der Waals surface area contributed by atoms with Crippen molar-refractivity contribution >= 4 is 17.4 Å². The van der Waals surface area contributed by atoms with Gasteiger partial charge in [0.15, 0.2) is 0 Å². The number of hydrogen-bond donors (Lipinski definition) is 2. The number of carbonyl (C=O) groups is 1. The molecule has 0 fully saturated rings. The van der Waals surface area contributed by atoms with Crippen LogP contribution in [0.2, 0.25) is 0 Å². The van der Waals surface area contributed by atoms with E-state index < -0.39 is 0 Å². The minimum absolute atomic E-state index is 0.289. The molecule has 168 valence electrons. The van der Waals surface area contributed by atoms with E-state index in [1.54, 1.807) is 6.33 Å². The molecule has 0 unspecified atom stereocenters. The van der Waals surface area contributed by atoms with Crippen LogP contribution in [0.1, 0.15) is 11.1 Å². The molecule has 0 aliphatic heterocycles. The quantitative estimate of drug-likeness (QED) is 0.351. The van der Waals surface area contributed by atoms with Crippen molar-refractivity contribution in [2.45, 2.75) is 13.5 Å². The molecule has 0 saturated heterocycles. The maximum absolute atomic E-state index is 12.1. The van der Waals surface area contributed by atoms with Crippen LogP contribution in [0.5, 0.6) is 0 Å². The summed E-state index contributed by atoms with van der Waals surface area (Å²) in [4.78, 5) is 21.0. The maximum atomic E-state index is 12.1. The average Bonchev–Trinajstić information content (AvgIpc) is 3.51. The van der Waals surface area contributed by atoms with Crippen molar-refractivity contribution in [3.63, 3.8) is 0 Å². The zero-order chi connectivity index (χ0) is 23.3. The second-order valence-corrected chi connectivity index (χ2v) is 7.86. The number of hydrogen-bond acceptors (Lipinski definition) is 5. The Hall–Kier alpha value is -4.72. The van der Waals surface area contributed by atoms with Gasteiger partial charge < -0.3 is 19.7 Å². The van der Waals surface area contributed by atoms with E-state index in [1.807, 2.05) is 96.6 Å². The summed E-state index contributed by atoms with van der Waals surface area (Å²) in [6.07, 6.45) is 3.59. The Labute approximate surface area is 196 Å². The minimum Gasteiger partial charge on any atom is -0.332 e. The molecule has 0 saturated carbocycles. The molecule has 0 bridgehead atoms. The van der Waals surface area contributed by atoms with Gasteiger partial charge in [-0.25, -0.2) is 9.78 Å². The highest BCUT2D eigenvalue weighted by atomic mass is 16.5.